The van der Waals surface area contributed by atoms with E-state index in [-0.39, 0.29) is 25.7 Å². The Hall–Kier alpha value is -1.80. The number of carbonyl (C=O) groups excluding carboxylic acids is 1. The third-order valence-electron chi connectivity index (χ3n) is 8.14. The van der Waals surface area contributed by atoms with Gasteiger partial charge in [-0.05, 0) is 71.1 Å². The van der Waals surface area contributed by atoms with E-state index in [4.69, 9.17) is 14.8 Å². The number of nitrogens with one attached hydrogen (secondary N) is 1. The third kappa shape index (κ3) is 34.4. The zero-order chi connectivity index (χ0) is 36.1. The number of phosphoric ester groups is 1. The fourth-order valence-electron chi connectivity index (χ4n) is 5.20. The number of hydrogen-bond acceptors (Lipinski definition) is 6. The number of carbonyl (C=O) groups is 1. The first-order valence-corrected chi connectivity index (χ1v) is 20.9. The second-order valence-corrected chi connectivity index (χ2v) is 14.2. The second-order valence-electron chi connectivity index (χ2n) is 12.8. The van der Waals surface area contributed by atoms with Crippen molar-refractivity contribution in [3.8, 4) is 0 Å². The predicted octanol–water partition coefficient (Wildman–Crippen LogP) is 10.3. The summed E-state index contributed by atoms with van der Waals surface area (Å²) in [6, 6.07) is -0.885. The van der Waals surface area contributed by atoms with Crippen LogP contribution in [0.15, 0.2) is 60.8 Å². The van der Waals surface area contributed by atoms with Gasteiger partial charge in [0.15, 0.2) is 0 Å². The Labute approximate surface area is 300 Å². The van der Waals surface area contributed by atoms with Crippen LogP contribution in [0, 0.1) is 0 Å². The molecule has 5 N–H and O–H groups in total. The summed E-state index contributed by atoms with van der Waals surface area (Å²) in [7, 11) is -4.34. The van der Waals surface area contributed by atoms with Crippen molar-refractivity contribution in [2.24, 2.45) is 5.73 Å². The van der Waals surface area contributed by atoms with E-state index in [9.17, 15) is 19.4 Å². The van der Waals surface area contributed by atoms with Gasteiger partial charge in [0.1, 0.15) is 0 Å². The van der Waals surface area contributed by atoms with Crippen LogP contribution in [-0.4, -0.2) is 47.8 Å². The van der Waals surface area contributed by atoms with Gasteiger partial charge in [-0.2, -0.15) is 0 Å². The SMILES string of the molecule is C/C=C/CC/C=C/CC/C=C/C(O)C(COP(=O)(O)OCCN)NC(=O)CCCCCCCCCCC/C=C\C/C=C\CCCCCCC. The van der Waals surface area contributed by atoms with Gasteiger partial charge in [-0.1, -0.05) is 138 Å². The number of aliphatic hydroxyl groups is 1. The van der Waals surface area contributed by atoms with Gasteiger partial charge in [0.05, 0.1) is 25.4 Å². The number of amides is 1. The molecule has 0 aromatic carbocycles. The Balaban J connectivity index is 4.18. The molecule has 1 amide bonds. The molecule has 0 aliphatic rings. The molecule has 0 aliphatic carbocycles. The molecule has 3 unspecified atom stereocenters. The summed E-state index contributed by atoms with van der Waals surface area (Å²) in [4.78, 5) is 22.6. The highest BCUT2D eigenvalue weighted by molar-refractivity contribution is 7.47. The molecule has 0 saturated carbocycles. The molecule has 0 fully saturated rings. The summed E-state index contributed by atoms with van der Waals surface area (Å²) in [6.07, 6.45) is 44.4. The highest BCUT2D eigenvalue weighted by atomic mass is 31.2. The van der Waals surface area contributed by atoms with Crippen LogP contribution in [0.2, 0.25) is 0 Å². The van der Waals surface area contributed by atoms with E-state index in [1.807, 2.05) is 19.1 Å². The van der Waals surface area contributed by atoms with Crippen molar-refractivity contribution in [3.05, 3.63) is 60.8 Å². The lowest BCUT2D eigenvalue weighted by molar-refractivity contribution is -0.123. The number of nitrogens with two attached hydrogens (primary N) is 1. The lowest BCUT2D eigenvalue weighted by Crippen LogP contribution is -2.45. The first-order valence-electron chi connectivity index (χ1n) is 19.4. The molecule has 0 rings (SSSR count). The van der Waals surface area contributed by atoms with Gasteiger partial charge in [-0.3, -0.25) is 13.8 Å². The first-order chi connectivity index (χ1) is 23.9. The van der Waals surface area contributed by atoms with Gasteiger partial charge < -0.3 is 21.1 Å². The van der Waals surface area contributed by atoms with E-state index in [1.165, 1.54) is 83.5 Å². The summed E-state index contributed by atoms with van der Waals surface area (Å²) in [5.74, 6) is -0.219. The Kier molecular flexibility index (Phi) is 34.7. The number of aliphatic hydroxyl groups excluding tert-OH is 1. The van der Waals surface area contributed by atoms with Crippen molar-refractivity contribution in [3.63, 3.8) is 0 Å². The molecule has 284 valence electrons. The van der Waals surface area contributed by atoms with Gasteiger partial charge in [0.25, 0.3) is 0 Å². The molecule has 49 heavy (non-hydrogen) atoms. The van der Waals surface area contributed by atoms with Crippen LogP contribution in [0.4, 0.5) is 0 Å². The third-order valence-corrected chi connectivity index (χ3v) is 9.12. The summed E-state index contributed by atoms with van der Waals surface area (Å²) < 4.78 is 22.0. The maximum atomic E-state index is 12.7. The van der Waals surface area contributed by atoms with E-state index >= 15 is 0 Å². The molecule has 9 heteroatoms. The maximum Gasteiger partial charge on any atom is 0.472 e. The zero-order valence-electron chi connectivity index (χ0n) is 31.2. The monoisotopic (exact) mass is 709 g/mol. The van der Waals surface area contributed by atoms with Gasteiger partial charge in [0.2, 0.25) is 5.91 Å². The summed E-state index contributed by atoms with van der Waals surface area (Å²) >= 11 is 0. The molecular weight excluding hydrogens is 635 g/mol. The van der Waals surface area contributed by atoms with E-state index in [2.05, 4.69) is 54.8 Å². The van der Waals surface area contributed by atoms with Crippen LogP contribution < -0.4 is 11.1 Å². The minimum atomic E-state index is -4.34. The molecule has 0 radical (unpaired) electrons. The molecule has 0 aliphatic heterocycles. The quantitative estimate of drug-likeness (QED) is 0.0293. The number of phosphoric acid groups is 1. The van der Waals surface area contributed by atoms with Gasteiger partial charge in [-0.25, -0.2) is 4.57 Å². The zero-order valence-corrected chi connectivity index (χ0v) is 32.1. The summed E-state index contributed by atoms with van der Waals surface area (Å²) in [5.41, 5.74) is 5.34. The van der Waals surface area contributed by atoms with E-state index < -0.39 is 20.0 Å². The topological polar surface area (TPSA) is 131 Å². The summed E-state index contributed by atoms with van der Waals surface area (Å²) in [5, 5.41) is 13.5. The van der Waals surface area contributed by atoms with E-state index in [0.717, 1.165) is 51.4 Å². The number of hydrogen-bond donors (Lipinski definition) is 4. The lowest BCUT2D eigenvalue weighted by atomic mass is 10.1. The largest absolute Gasteiger partial charge is 0.472 e. The van der Waals surface area contributed by atoms with Crippen LogP contribution in [0.1, 0.15) is 155 Å². The Morgan fingerprint density at radius 3 is 1.80 bits per heavy atom. The van der Waals surface area contributed by atoms with Crippen molar-refractivity contribution in [2.75, 3.05) is 19.8 Å². The van der Waals surface area contributed by atoms with E-state index in [0.29, 0.717) is 6.42 Å². The maximum absolute atomic E-state index is 12.7. The molecule has 0 saturated heterocycles. The first kappa shape index (κ1) is 47.2. The van der Waals surface area contributed by atoms with Crippen LogP contribution in [0.25, 0.3) is 0 Å². The Morgan fingerprint density at radius 2 is 1.22 bits per heavy atom. The highest BCUT2D eigenvalue weighted by Crippen LogP contribution is 2.43. The van der Waals surface area contributed by atoms with Crippen LogP contribution >= 0.6 is 7.82 Å². The number of unbranched alkanes of at least 4 members (excludes halogenated alkanes) is 16. The fourth-order valence-corrected chi connectivity index (χ4v) is 5.96. The molecule has 0 aromatic heterocycles. The average Bonchev–Trinajstić information content (AvgIpc) is 3.09. The Morgan fingerprint density at radius 1 is 0.714 bits per heavy atom. The average molecular weight is 709 g/mol. The number of allylic oxidation sites excluding steroid dienone is 9. The Bertz CT molecular complexity index is 949. The fraction of sp³-hybridized carbons (Fsp3) is 0.725. The number of rotatable bonds is 35. The van der Waals surface area contributed by atoms with Crippen LogP contribution in [-0.2, 0) is 18.4 Å². The highest BCUT2D eigenvalue weighted by Gasteiger charge is 2.26. The molecule has 8 nitrogen and oxygen atoms in total. The minimum Gasteiger partial charge on any atom is -0.387 e. The van der Waals surface area contributed by atoms with Gasteiger partial charge >= 0.3 is 7.82 Å². The van der Waals surface area contributed by atoms with Gasteiger partial charge in [-0.15, -0.1) is 0 Å². The van der Waals surface area contributed by atoms with Crippen molar-refractivity contribution in [1.82, 2.24) is 5.32 Å². The van der Waals surface area contributed by atoms with Crippen molar-refractivity contribution < 1.29 is 28.4 Å². The molecule has 0 spiro atoms. The standard InChI is InChI=1S/C40H73N2O6P/c1-3-5-7-9-11-13-14-15-16-17-18-19-20-21-22-23-24-26-28-30-32-34-40(44)42-38(37-48-49(45,46)47-36-35-41)39(43)33-31-29-27-25-12-10-8-6-4-2/h4,6,12,14-15,17-18,25,31,33,38-39,43H,3,5,7-11,13,16,19-24,26-30,32,34-37,41H2,1-2H3,(H,42,44)(H,45,46)/b6-4+,15-14-,18-17-,25-12+,33-31+. The molecule has 0 bridgehead atoms. The predicted molar refractivity (Wildman–Crippen MR) is 207 cm³/mol. The second kappa shape index (κ2) is 36.0. The molecule has 0 heterocycles. The van der Waals surface area contributed by atoms with Crippen molar-refractivity contribution in [2.45, 2.75) is 167 Å². The van der Waals surface area contributed by atoms with Crippen LogP contribution in [0.5, 0.6) is 0 Å². The molecule has 0 aromatic rings. The van der Waals surface area contributed by atoms with E-state index in [1.54, 1.807) is 6.08 Å². The van der Waals surface area contributed by atoms with Gasteiger partial charge in [0, 0.05) is 13.0 Å². The lowest BCUT2D eigenvalue weighted by Gasteiger charge is -2.23. The summed E-state index contributed by atoms with van der Waals surface area (Å²) in [6.45, 7) is 3.83. The van der Waals surface area contributed by atoms with Crippen molar-refractivity contribution >= 4 is 13.7 Å². The smallest absolute Gasteiger partial charge is 0.387 e. The minimum absolute atomic E-state index is 0.0683. The normalized spacial score (nSPS) is 15.0. The van der Waals surface area contributed by atoms with Crippen molar-refractivity contribution in [1.29, 1.82) is 0 Å². The van der Waals surface area contributed by atoms with Crippen LogP contribution in [0.3, 0.4) is 0 Å². The molecule has 3 atom stereocenters. The molecular formula is C40H73N2O6P.